The van der Waals surface area contributed by atoms with Gasteiger partial charge in [-0.25, -0.2) is 12.8 Å². The SMILES string of the molecule is CS(=O)(=O)c1ccc(CNc2ccc(C#N)c(F)c2)cc1. The molecule has 0 aliphatic heterocycles. The van der Waals surface area contributed by atoms with Gasteiger partial charge in [0.15, 0.2) is 9.84 Å². The lowest BCUT2D eigenvalue weighted by atomic mass is 10.2. The fourth-order valence-corrected chi connectivity index (χ4v) is 2.40. The highest BCUT2D eigenvalue weighted by molar-refractivity contribution is 7.90. The minimum atomic E-state index is -3.20. The molecule has 0 amide bonds. The second-order valence-electron chi connectivity index (χ2n) is 4.58. The zero-order valence-corrected chi connectivity index (χ0v) is 12.1. The fraction of sp³-hybridized carbons (Fsp3) is 0.133. The molecule has 6 heteroatoms. The summed E-state index contributed by atoms with van der Waals surface area (Å²) in [4.78, 5) is 0.260. The number of nitriles is 1. The maximum Gasteiger partial charge on any atom is 0.175 e. The number of hydrogen-bond donors (Lipinski definition) is 1. The van der Waals surface area contributed by atoms with Crippen molar-refractivity contribution >= 4 is 15.5 Å². The van der Waals surface area contributed by atoms with E-state index in [0.717, 1.165) is 11.8 Å². The molecule has 0 fully saturated rings. The van der Waals surface area contributed by atoms with Gasteiger partial charge in [-0.1, -0.05) is 12.1 Å². The van der Waals surface area contributed by atoms with Crippen molar-refractivity contribution in [1.29, 1.82) is 5.26 Å². The van der Waals surface area contributed by atoms with E-state index in [-0.39, 0.29) is 10.5 Å². The summed E-state index contributed by atoms with van der Waals surface area (Å²) in [5.74, 6) is -0.574. The van der Waals surface area contributed by atoms with Gasteiger partial charge in [0.2, 0.25) is 0 Å². The zero-order valence-electron chi connectivity index (χ0n) is 11.3. The van der Waals surface area contributed by atoms with Crippen molar-refractivity contribution in [2.45, 2.75) is 11.4 Å². The van der Waals surface area contributed by atoms with Crippen molar-refractivity contribution in [2.75, 3.05) is 11.6 Å². The summed E-state index contributed by atoms with van der Waals surface area (Å²) >= 11 is 0. The van der Waals surface area contributed by atoms with Crippen molar-refractivity contribution in [1.82, 2.24) is 0 Å². The predicted molar refractivity (Wildman–Crippen MR) is 78.0 cm³/mol. The molecule has 0 heterocycles. The molecule has 0 aliphatic carbocycles. The van der Waals surface area contributed by atoms with Crippen LogP contribution in [0.5, 0.6) is 0 Å². The average Bonchev–Trinajstić information content (AvgIpc) is 2.45. The van der Waals surface area contributed by atoms with Crippen LogP contribution in [0.3, 0.4) is 0 Å². The monoisotopic (exact) mass is 304 g/mol. The van der Waals surface area contributed by atoms with E-state index in [9.17, 15) is 12.8 Å². The van der Waals surface area contributed by atoms with Crippen molar-refractivity contribution in [3.63, 3.8) is 0 Å². The van der Waals surface area contributed by atoms with Crippen molar-refractivity contribution < 1.29 is 12.8 Å². The van der Waals surface area contributed by atoms with Crippen LogP contribution >= 0.6 is 0 Å². The van der Waals surface area contributed by atoms with Gasteiger partial charge >= 0.3 is 0 Å². The normalized spacial score (nSPS) is 10.9. The Morgan fingerprint density at radius 1 is 1.19 bits per heavy atom. The lowest BCUT2D eigenvalue weighted by Crippen LogP contribution is -2.01. The van der Waals surface area contributed by atoms with Crippen LogP contribution in [0.1, 0.15) is 11.1 Å². The Morgan fingerprint density at radius 2 is 1.86 bits per heavy atom. The van der Waals surface area contributed by atoms with Gasteiger partial charge in [0.1, 0.15) is 11.9 Å². The van der Waals surface area contributed by atoms with E-state index < -0.39 is 15.7 Å². The molecule has 2 aromatic carbocycles. The van der Waals surface area contributed by atoms with Gasteiger partial charge in [-0.05, 0) is 35.9 Å². The molecule has 1 N–H and O–H groups in total. The van der Waals surface area contributed by atoms with Crippen LogP contribution in [0.25, 0.3) is 0 Å². The molecule has 0 atom stereocenters. The zero-order chi connectivity index (χ0) is 15.5. The minimum absolute atomic E-state index is 0.00180. The summed E-state index contributed by atoms with van der Waals surface area (Å²) in [6, 6.07) is 12.5. The Balaban J connectivity index is 2.07. The third-order valence-electron chi connectivity index (χ3n) is 2.94. The Morgan fingerprint density at radius 3 is 2.38 bits per heavy atom. The highest BCUT2D eigenvalue weighted by Crippen LogP contribution is 2.16. The lowest BCUT2D eigenvalue weighted by molar-refractivity contribution is 0.602. The van der Waals surface area contributed by atoms with Gasteiger partial charge in [0, 0.05) is 18.5 Å². The summed E-state index contributed by atoms with van der Waals surface area (Å²) in [5, 5.41) is 11.7. The van der Waals surface area contributed by atoms with Crippen LogP contribution < -0.4 is 5.32 Å². The second-order valence-corrected chi connectivity index (χ2v) is 6.59. The first-order chi connectivity index (χ1) is 9.90. The molecule has 2 aromatic rings. The molecule has 2 rings (SSSR count). The molecule has 4 nitrogen and oxygen atoms in total. The first-order valence-corrected chi connectivity index (χ1v) is 8.02. The van der Waals surface area contributed by atoms with E-state index in [2.05, 4.69) is 5.32 Å². The topological polar surface area (TPSA) is 70.0 Å². The lowest BCUT2D eigenvalue weighted by Gasteiger charge is -2.07. The summed E-state index contributed by atoms with van der Waals surface area (Å²) in [7, 11) is -3.20. The molecule has 21 heavy (non-hydrogen) atoms. The van der Waals surface area contributed by atoms with E-state index in [0.29, 0.717) is 12.2 Å². The third-order valence-corrected chi connectivity index (χ3v) is 4.07. The first kappa shape index (κ1) is 15.0. The summed E-state index contributed by atoms with van der Waals surface area (Å²) < 4.78 is 36.1. The van der Waals surface area contributed by atoms with Gasteiger partial charge in [-0.2, -0.15) is 5.26 Å². The van der Waals surface area contributed by atoms with Gasteiger partial charge < -0.3 is 5.32 Å². The number of anilines is 1. The van der Waals surface area contributed by atoms with Gasteiger partial charge in [0.05, 0.1) is 10.5 Å². The number of nitrogens with one attached hydrogen (secondary N) is 1. The number of nitrogens with zero attached hydrogens (tertiary/aromatic N) is 1. The molecule has 0 radical (unpaired) electrons. The van der Waals surface area contributed by atoms with Crippen LogP contribution in [0.4, 0.5) is 10.1 Å². The van der Waals surface area contributed by atoms with Gasteiger partial charge in [0.25, 0.3) is 0 Å². The molecule has 108 valence electrons. The fourth-order valence-electron chi connectivity index (χ4n) is 1.77. The maximum absolute atomic E-state index is 13.4. The summed E-state index contributed by atoms with van der Waals surface area (Å²) in [6.07, 6.45) is 1.15. The quantitative estimate of drug-likeness (QED) is 0.943. The van der Waals surface area contributed by atoms with Crippen LogP contribution in [0, 0.1) is 17.1 Å². The standard InChI is InChI=1S/C15H13FN2O2S/c1-21(19,20)14-6-2-11(3-7-14)10-18-13-5-4-12(9-17)15(16)8-13/h2-8,18H,10H2,1H3. The minimum Gasteiger partial charge on any atom is -0.381 e. The van der Waals surface area contributed by atoms with Crippen LogP contribution in [-0.4, -0.2) is 14.7 Å². The van der Waals surface area contributed by atoms with Crippen molar-refractivity contribution in [2.24, 2.45) is 0 Å². The Bertz CT molecular complexity index is 793. The highest BCUT2D eigenvalue weighted by Gasteiger charge is 2.06. The van der Waals surface area contributed by atoms with Crippen LogP contribution in [0.2, 0.25) is 0 Å². The molecule has 0 aromatic heterocycles. The Kier molecular flexibility index (Phi) is 4.24. The molecule has 0 spiro atoms. The van der Waals surface area contributed by atoms with Crippen LogP contribution in [0.15, 0.2) is 47.4 Å². The van der Waals surface area contributed by atoms with Crippen molar-refractivity contribution in [3.8, 4) is 6.07 Å². The van der Waals surface area contributed by atoms with Crippen LogP contribution in [-0.2, 0) is 16.4 Å². The van der Waals surface area contributed by atoms with E-state index >= 15 is 0 Å². The van der Waals surface area contributed by atoms with Gasteiger partial charge in [-0.3, -0.25) is 0 Å². The number of halogens is 1. The predicted octanol–water partition coefficient (Wildman–Crippen LogP) is 2.71. The number of hydrogen-bond acceptors (Lipinski definition) is 4. The van der Waals surface area contributed by atoms with Crippen molar-refractivity contribution in [3.05, 3.63) is 59.4 Å². The summed E-state index contributed by atoms with van der Waals surface area (Å²) in [5.41, 5.74) is 1.42. The average molecular weight is 304 g/mol. The smallest absolute Gasteiger partial charge is 0.175 e. The molecule has 0 saturated heterocycles. The number of sulfone groups is 1. The highest BCUT2D eigenvalue weighted by atomic mass is 32.2. The first-order valence-electron chi connectivity index (χ1n) is 6.12. The van der Waals surface area contributed by atoms with E-state index in [4.69, 9.17) is 5.26 Å². The summed E-state index contributed by atoms with van der Waals surface area (Å²) in [6.45, 7) is 0.426. The molecule has 0 unspecified atom stereocenters. The third kappa shape index (κ3) is 3.80. The molecule has 0 saturated carbocycles. The number of benzene rings is 2. The van der Waals surface area contributed by atoms with E-state index in [1.807, 2.05) is 0 Å². The van der Waals surface area contributed by atoms with Gasteiger partial charge in [-0.15, -0.1) is 0 Å². The molecular weight excluding hydrogens is 291 g/mol. The molecular formula is C15H13FN2O2S. The van der Waals surface area contributed by atoms with E-state index in [1.165, 1.54) is 24.3 Å². The molecule has 0 bridgehead atoms. The van der Waals surface area contributed by atoms with E-state index in [1.54, 1.807) is 24.3 Å². The second kappa shape index (κ2) is 5.94. The Hall–Kier alpha value is -2.39. The largest absolute Gasteiger partial charge is 0.381 e. The maximum atomic E-state index is 13.4. The molecule has 0 aliphatic rings. The Labute approximate surface area is 122 Å². The number of rotatable bonds is 4.